The van der Waals surface area contributed by atoms with Crippen LogP contribution in [0.15, 0.2) is 86.4 Å². The number of benzene rings is 1. The minimum atomic E-state index is 0.621. The van der Waals surface area contributed by atoms with Crippen molar-refractivity contribution in [2.45, 2.75) is 17.5 Å². The summed E-state index contributed by atoms with van der Waals surface area (Å²) in [7, 11) is 0. The van der Waals surface area contributed by atoms with Crippen molar-refractivity contribution in [3.8, 4) is 22.2 Å². The number of thiophene rings is 1. The van der Waals surface area contributed by atoms with Gasteiger partial charge in [-0.05, 0) is 29.1 Å². The molecule has 0 saturated heterocycles. The molecule has 0 saturated carbocycles. The summed E-state index contributed by atoms with van der Waals surface area (Å²) in [5.41, 5.74) is 2.03. The van der Waals surface area contributed by atoms with Crippen molar-refractivity contribution in [2.24, 2.45) is 0 Å². The highest BCUT2D eigenvalue weighted by atomic mass is 32.2. The Hall–Kier alpha value is -3.10. The van der Waals surface area contributed by atoms with Crippen molar-refractivity contribution in [2.75, 3.05) is 0 Å². The second-order valence-corrected chi connectivity index (χ2v) is 8.19. The van der Waals surface area contributed by atoms with Crippen LogP contribution in [0.4, 0.5) is 0 Å². The van der Waals surface area contributed by atoms with Crippen molar-refractivity contribution in [3.05, 3.63) is 83.6 Å². The summed E-state index contributed by atoms with van der Waals surface area (Å²) >= 11 is 3.25. The van der Waals surface area contributed by atoms with E-state index in [-0.39, 0.29) is 0 Å². The Labute approximate surface area is 175 Å². The van der Waals surface area contributed by atoms with Crippen LogP contribution in [0, 0.1) is 0 Å². The lowest BCUT2D eigenvalue weighted by molar-refractivity contribution is 0.413. The van der Waals surface area contributed by atoms with Crippen molar-refractivity contribution in [1.29, 1.82) is 0 Å². The number of rotatable bonds is 7. The fourth-order valence-corrected chi connectivity index (χ4v) is 4.48. The van der Waals surface area contributed by atoms with Crippen LogP contribution in [0.3, 0.4) is 0 Å². The van der Waals surface area contributed by atoms with Crippen LogP contribution in [0.5, 0.6) is 0 Å². The maximum absolute atomic E-state index is 5.39. The Kier molecular flexibility index (Phi) is 5.02. The summed E-state index contributed by atoms with van der Waals surface area (Å²) in [5, 5.41) is 15.9. The minimum absolute atomic E-state index is 0.621. The lowest BCUT2D eigenvalue weighted by Crippen LogP contribution is -2.03. The van der Waals surface area contributed by atoms with Crippen molar-refractivity contribution in [1.82, 2.24) is 19.9 Å². The largest absolute Gasteiger partial charge is 0.461 e. The van der Waals surface area contributed by atoms with Gasteiger partial charge in [-0.3, -0.25) is 4.57 Å². The maximum Gasteiger partial charge on any atom is 0.202 e. The maximum atomic E-state index is 5.39. The number of hydrogen-bond donors (Lipinski definition) is 0. The summed E-state index contributed by atoms with van der Waals surface area (Å²) in [6, 6.07) is 20.0. The Balaban J connectivity index is 1.39. The summed E-state index contributed by atoms with van der Waals surface area (Å²) in [4.78, 5) is 1.10. The molecule has 5 rings (SSSR count). The van der Waals surface area contributed by atoms with Gasteiger partial charge in [-0.2, -0.15) is 0 Å². The molecule has 0 aliphatic carbocycles. The van der Waals surface area contributed by atoms with Crippen molar-refractivity contribution < 1.29 is 8.94 Å². The molecule has 144 valence electrons. The first-order valence-corrected chi connectivity index (χ1v) is 10.9. The second-order valence-electron chi connectivity index (χ2n) is 6.30. The third-order valence-corrected chi connectivity index (χ3v) is 6.18. The molecule has 0 amide bonds. The average Bonchev–Trinajstić information content (AvgIpc) is 3.54. The van der Waals surface area contributed by atoms with E-state index >= 15 is 0 Å². The Morgan fingerprint density at radius 3 is 2.69 bits per heavy atom. The first-order valence-electron chi connectivity index (χ1n) is 9.00. The molecule has 0 aliphatic rings. The fourth-order valence-electron chi connectivity index (χ4n) is 2.95. The molecule has 0 bridgehead atoms. The molecule has 29 heavy (non-hydrogen) atoms. The molecule has 1 aromatic carbocycles. The Morgan fingerprint density at radius 1 is 0.966 bits per heavy atom. The highest BCUT2D eigenvalue weighted by molar-refractivity contribution is 7.98. The molecular formula is C21H16N4O2S2. The molecule has 0 atom stereocenters. The van der Waals surface area contributed by atoms with Crippen LogP contribution in [0.25, 0.3) is 22.2 Å². The molecule has 0 aliphatic heterocycles. The molecule has 0 fully saturated rings. The summed E-state index contributed by atoms with van der Waals surface area (Å²) in [5.74, 6) is 2.79. The lowest BCUT2D eigenvalue weighted by Gasteiger charge is -2.09. The first-order chi connectivity index (χ1) is 14.4. The van der Waals surface area contributed by atoms with E-state index in [1.54, 1.807) is 29.4 Å². The molecule has 0 spiro atoms. The van der Waals surface area contributed by atoms with E-state index in [2.05, 4.69) is 43.5 Å². The van der Waals surface area contributed by atoms with E-state index in [1.807, 2.05) is 42.5 Å². The Bertz CT molecular complexity index is 1180. The van der Waals surface area contributed by atoms with Gasteiger partial charge in [0.05, 0.1) is 23.4 Å². The normalized spacial score (nSPS) is 11.2. The van der Waals surface area contributed by atoms with Crippen molar-refractivity contribution in [3.63, 3.8) is 0 Å². The minimum Gasteiger partial charge on any atom is -0.461 e. The molecule has 4 aromatic heterocycles. The van der Waals surface area contributed by atoms with Crippen LogP contribution >= 0.6 is 23.1 Å². The smallest absolute Gasteiger partial charge is 0.202 e. The molecule has 8 heteroatoms. The average molecular weight is 421 g/mol. The van der Waals surface area contributed by atoms with Crippen LogP contribution < -0.4 is 0 Å². The molecule has 0 unspecified atom stereocenters. The summed E-state index contributed by atoms with van der Waals surface area (Å²) in [6.45, 7) is 0.708. The van der Waals surface area contributed by atoms with Gasteiger partial charge in [-0.1, -0.05) is 53.3 Å². The van der Waals surface area contributed by atoms with Gasteiger partial charge in [0.25, 0.3) is 0 Å². The van der Waals surface area contributed by atoms with Crippen LogP contribution in [-0.4, -0.2) is 19.9 Å². The van der Waals surface area contributed by atoms with Crippen LogP contribution in [0.2, 0.25) is 0 Å². The standard InChI is InChI=1S/C21H16N4O2S2/c1-2-6-15(7-3-1)13-25-20(19-9-5-11-28-19)22-23-21(25)29-14-16-12-18(27-24-16)17-8-4-10-26-17/h1-12H,13-14H2. The van der Waals surface area contributed by atoms with E-state index < -0.39 is 0 Å². The molecular weight excluding hydrogens is 404 g/mol. The van der Waals surface area contributed by atoms with Gasteiger partial charge < -0.3 is 8.94 Å². The molecule has 5 aromatic rings. The number of aromatic nitrogens is 4. The van der Waals surface area contributed by atoms with E-state index in [0.29, 0.717) is 23.8 Å². The van der Waals surface area contributed by atoms with Gasteiger partial charge in [0.15, 0.2) is 16.7 Å². The van der Waals surface area contributed by atoms with Crippen LogP contribution in [-0.2, 0) is 12.3 Å². The SMILES string of the molecule is c1ccc(Cn2c(SCc3cc(-c4ccco4)on3)nnc2-c2cccs2)cc1. The number of hydrogen-bond acceptors (Lipinski definition) is 7. The second kappa shape index (κ2) is 8.10. The van der Waals surface area contributed by atoms with E-state index in [4.69, 9.17) is 8.94 Å². The predicted molar refractivity (Wildman–Crippen MR) is 113 cm³/mol. The zero-order chi connectivity index (χ0) is 19.5. The van der Waals surface area contributed by atoms with Gasteiger partial charge in [0.2, 0.25) is 5.76 Å². The zero-order valence-electron chi connectivity index (χ0n) is 15.3. The number of nitrogens with zero attached hydrogens (tertiary/aromatic N) is 4. The van der Waals surface area contributed by atoms with Gasteiger partial charge in [-0.25, -0.2) is 0 Å². The van der Waals surface area contributed by atoms with Crippen LogP contribution in [0.1, 0.15) is 11.3 Å². The van der Waals surface area contributed by atoms with Gasteiger partial charge in [0, 0.05) is 11.8 Å². The van der Waals surface area contributed by atoms with E-state index in [1.165, 1.54) is 5.56 Å². The van der Waals surface area contributed by atoms with E-state index in [9.17, 15) is 0 Å². The molecule has 0 radical (unpaired) electrons. The summed E-state index contributed by atoms with van der Waals surface area (Å²) in [6.07, 6.45) is 1.62. The monoisotopic (exact) mass is 420 g/mol. The molecule has 6 nitrogen and oxygen atoms in total. The fraction of sp³-hybridized carbons (Fsp3) is 0.0952. The molecule has 4 heterocycles. The molecule has 0 N–H and O–H groups in total. The highest BCUT2D eigenvalue weighted by Crippen LogP contribution is 2.30. The first kappa shape index (κ1) is 18.0. The highest BCUT2D eigenvalue weighted by Gasteiger charge is 2.17. The quantitative estimate of drug-likeness (QED) is 0.319. The zero-order valence-corrected chi connectivity index (χ0v) is 16.9. The van der Waals surface area contributed by atoms with Crippen molar-refractivity contribution >= 4 is 23.1 Å². The summed E-state index contributed by atoms with van der Waals surface area (Å²) < 4.78 is 12.9. The topological polar surface area (TPSA) is 69.9 Å². The third kappa shape index (κ3) is 3.90. The Morgan fingerprint density at radius 2 is 1.90 bits per heavy atom. The number of furan rings is 1. The van der Waals surface area contributed by atoms with Gasteiger partial charge >= 0.3 is 0 Å². The number of thioether (sulfide) groups is 1. The predicted octanol–water partition coefficient (Wildman–Crippen LogP) is 5.60. The van der Waals surface area contributed by atoms with Gasteiger partial charge in [0.1, 0.15) is 0 Å². The third-order valence-electron chi connectivity index (χ3n) is 4.31. The van der Waals surface area contributed by atoms with E-state index in [0.717, 1.165) is 21.6 Å². The van der Waals surface area contributed by atoms with Gasteiger partial charge in [-0.15, -0.1) is 21.5 Å². The lowest BCUT2D eigenvalue weighted by atomic mass is 10.2.